The largest absolute Gasteiger partial charge is 0.507 e. The highest BCUT2D eigenvalue weighted by molar-refractivity contribution is 5.81. The summed E-state index contributed by atoms with van der Waals surface area (Å²) in [7, 11) is 0. The third-order valence-electron chi connectivity index (χ3n) is 3.45. The predicted octanol–water partition coefficient (Wildman–Crippen LogP) is 2.29. The SMILES string of the molecule is Cc1ccc(CNc2ncnc3nc[nH]c23)c(O)c1C. The number of rotatable bonds is 3. The number of phenolic OH excluding ortho intramolecular Hbond substituents is 1. The number of aromatic hydroxyl groups is 1. The van der Waals surface area contributed by atoms with Crippen LogP contribution in [0.4, 0.5) is 5.82 Å². The van der Waals surface area contributed by atoms with Crippen LogP contribution in [-0.2, 0) is 6.54 Å². The maximum Gasteiger partial charge on any atom is 0.182 e. The first-order valence-corrected chi connectivity index (χ1v) is 6.33. The molecule has 0 aliphatic heterocycles. The Morgan fingerprint density at radius 2 is 2.05 bits per heavy atom. The maximum atomic E-state index is 10.1. The van der Waals surface area contributed by atoms with Gasteiger partial charge < -0.3 is 15.4 Å². The number of nitrogens with zero attached hydrogens (tertiary/aromatic N) is 3. The Morgan fingerprint density at radius 1 is 1.20 bits per heavy atom. The van der Waals surface area contributed by atoms with Crippen LogP contribution in [0, 0.1) is 13.8 Å². The lowest BCUT2D eigenvalue weighted by Crippen LogP contribution is -2.03. The summed E-state index contributed by atoms with van der Waals surface area (Å²) < 4.78 is 0. The van der Waals surface area contributed by atoms with E-state index in [0.29, 0.717) is 23.8 Å². The summed E-state index contributed by atoms with van der Waals surface area (Å²) in [5.74, 6) is 0.998. The van der Waals surface area contributed by atoms with E-state index in [1.165, 1.54) is 6.33 Å². The van der Waals surface area contributed by atoms with Gasteiger partial charge in [0.1, 0.15) is 17.6 Å². The molecule has 0 radical (unpaired) electrons. The summed E-state index contributed by atoms with van der Waals surface area (Å²) in [6.07, 6.45) is 3.05. The minimum Gasteiger partial charge on any atom is -0.507 e. The fourth-order valence-electron chi connectivity index (χ4n) is 2.08. The molecule has 0 amide bonds. The van der Waals surface area contributed by atoms with Gasteiger partial charge in [-0.1, -0.05) is 12.1 Å². The number of benzene rings is 1. The van der Waals surface area contributed by atoms with Crippen LogP contribution in [0.2, 0.25) is 0 Å². The molecule has 0 unspecified atom stereocenters. The van der Waals surface area contributed by atoms with Gasteiger partial charge in [0, 0.05) is 12.1 Å². The van der Waals surface area contributed by atoms with Gasteiger partial charge >= 0.3 is 0 Å². The van der Waals surface area contributed by atoms with Gasteiger partial charge in [-0.15, -0.1) is 0 Å². The van der Waals surface area contributed by atoms with E-state index in [-0.39, 0.29) is 0 Å². The lowest BCUT2D eigenvalue weighted by Gasteiger charge is -2.11. The normalized spacial score (nSPS) is 10.9. The number of H-pyrrole nitrogens is 1. The molecule has 1 aromatic carbocycles. The number of aromatic amines is 1. The van der Waals surface area contributed by atoms with Gasteiger partial charge in [-0.25, -0.2) is 15.0 Å². The average molecular weight is 269 g/mol. The zero-order valence-electron chi connectivity index (χ0n) is 11.3. The summed E-state index contributed by atoms with van der Waals surface area (Å²) in [5, 5.41) is 13.3. The van der Waals surface area contributed by atoms with Gasteiger partial charge in [0.15, 0.2) is 11.5 Å². The highest BCUT2D eigenvalue weighted by atomic mass is 16.3. The van der Waals surface area contributed by atoms with Gasteiger partial charge in [0.05, 0.1) is 6.33 Å². The third kappa shape index (κ3) is 2.05. The first-order valence-electron chi connectivity index (χ1n) is 6.33. The van der Waals surface area contributed by atoms with Crippen molar-refractivity contribution in [1.29, 1.82) is 0 Å². The molecule has 0 fully saturated rings. The maximum absolute atomic E-state index is 10.1. The van der Waals surface area contributed by atoms with E-state index in [4.69, 9.17) is 0 Å². The molecule has 3 rings (SSSR count). The molecule has 3 aromatic rings. The number of aromatic nitrogens is 4. The molecule has 6 nitrogen and oxygen atoms in total. The molecule has 0 saturated heterocycles. The second-order valence-electron chi connectivity index (χ2n) is 4.69. The predicted molar refractivity (Wildman–Crippen MR) is 76.6 cm³/mol. The summed E-state index contributed by atoms with van der Waals surface area (Å²) in [6.45, 7) is 4.37. The number of aryl methyl sites for hydroxylation is 1. The molecular weight excluding hydrogens is 254 g/mol. The second-order valence-corrected chi connectivity index (χ2v) is 4.69. The molecular formula is C14H15N5O. The van der Waals surface area contributed by atoms with E-state index >= 15 is 0 Å². The number of fused-ring (bicyclic) bond motifs is 1. The number of hydrogen-bond acceptors (Lipinski definition) is 5. The zero-order valence-corrected chi connectivity index (χ0v) is 11.3. The Bertz CT molecular complexity index is 765. The number of phenols is 1. The molecule has 3 N–H and O–H groups in total. The van der Waals surface area contributed by atoms with Gasteiger partial charge in [-0.2, -0.15) is 0 Å². The van der Waals surface area contributed by atoms with Crippen LogP contribution < -0.4 is 5.32 Å². The van der Waals surface area contributed by atoms with Crippen molar-refractivity contribution in [3.05, 3.63) is 41.5 Å². The molecule has 0 atom stereocenters. The van der Waals surface area contributed by atoms with E-state index < -0.39 is 0 Å². The molecule has 0 bridgehead atoms. The third-order valence-corrected chi connectivity index (χ3v) is 3.45. The van der Waals surface area contributed by atoms with Gasteiger partial charge in [0.25, 0.3) is 0 Å². The van der Waals surface area contributed by atoms with Gasteiger partial charge in [-0.3, -0.25) is 0 Å². The fraction of sp³-hybridized carbons (Fsp3) is 0.214. The molecule has 2 aromatic heterocycles. The zero-order chi connectivity index (χ0) is 14.1. The molecule has 0 saturated carbocycles. The lowest BCUT2D eigenvalue weighted by molar-refractivity contribution is 0.464. The lowest BCUT2D eigenvalue weighted by atomic mass is 10.0. The molecule has 0 spiro atoms. The van der Waals surface area contributed by atoms with E-state index in [1.807, 2.05) is 26.0 Å². The number of nitrogens with one attached hydrogen (secondary N) is 2. The first kappa shape index (κ1) is 12.4. The second kappa shape index (κ2) is 4.80. The van der Waals surface area contributed by atoms with Crippen LogP contribution in [0.15, 0.2) is 24.8 Å². The Morgan fingerprint density at radius 3 is 2.90 bits per heavy atom. The Kier molecular flexibility index (Phi) is 2.98. The Labute approximate surface area is 115 Å². The van der Waals surface area contributed by atoms with Gasteiger partial charge in [0.2, 0.25) is 0 Å². The average Bonchev–Trinajstić information content (AvgIpc) is 2.93. The first-order chi connectivity index (χ1) is 9.66. The Hall–Kier alpha value is -2.63. The Balaban J connectivity index is 1.87. The minimum absolute atomic E-state index is 0.326. The van der Waals surface area contributed by atoms with Crippen LogP contribution in [-0.4, -0.2) is 25.0 Å². The number of anilines is 1. The van der Waals surface area contributed by atoms with E-state index in [2.05, 4.69) is 25.3 Å². The van der Waals surface area contributed by atoms with Crippen LogP contribution >= 0.6 is 0 Å². The molecule has 20 heavy (non-hydrogen) atoms. The molecule has 2 heterocycles. The van der Waals surface area contributed by atoms with E-state index in [0.717, 1.165) is 22.2 Å². The van der Waals surface area contributed by atoms with Crippen LogP contribution in [0.1, 0.15) is 16.7 Å². The summed E-state index contributed by atoms with van der Waals surface area (Å²) >= 11 is 0. The van der Waals surface area contributed by atoms with Crippen molar-refractivity contribution in [3.63, 3.8) is 0 Å². The van der Waals surface area contributed by atoms with Crippen molar-refractivity contribution < 1.29 is 5.11 Å². The van der Waals surface area contributed by atoms with Crippen LogP contribution in [0.5, 0.6) is 5.75 Å². The highest BCUT2D eigenvalue weighted by Crippen LogP contribution is 2.26. The quantitative estimate of drug-likeness (QED) is 0.679. The van der Waals surface area contributed by atoms with Crippen LogP contribution in [0.25, 0.3) is 11.2 Å². The van der Waals surface area contributed by atoms with Crippen molar-refractivity contribution in [1.82, 2.24) is 19.9 Å². The fourth-order valence-corrected chi connectivity index (χ4v) is 2.08. The van der Waals surface area contributed by atoms with Gasteiger partial charge in [-0.05, 0) is 25.0 Å². The topological polar surface area (TPSA) is 86.7 Å². The van der Waals surface area contributed by atoms with Crippen molar-refractivity contribution in [2.24, 2.45) is 0 Å². The van der Waals surface area contributed by atoms with Crippen molar-refractivity contribution in [3.8, 4) is 5.75 Å². The highest BCUT2D eigenvalue weighted by Gasteiger charge is 2.09. The van der Waals surface area contributed by atoms with Crippen molar-refractivity contribution >= 4 is 17.0 Å². The van der Waals surface area contributed by atoms with Crippen LogP contribution in [0.3, 0.4) is 0 Å². The summed E-state index contributed by atoms with van der Waals surface area (Å²) in [4.78, 5) is 15.3. The summed E-state index contributed by atoms with van der Waals surface area (Å²) in [6, 6.07) is 3.91. The standard InChI is InChI=1S/C14H15N5O/c1-8-3-4-10(12(20)9(8)2)5-15-13-11-14(17-6-16-11)19-7-18-13/h3-4,6-7,20H,5H2,1-2H3,(H2,15,16,17,18,19). The molecule has 6 heteroatoms. The van der Waals surface area contributed by atoms with Crippen molar-refractivity contribution in [2.75, 3.05) is 5.32 Å². The monoisotopic (exact) mass is 269 g/mol. The summed E-state index contributed by atoms with van der Waals surface area (Å²) in [5.41, 5.74) is 4.19. The van der Waals surface area contributed by atoms with Crippen molar-refractivity contribution in [2.45, 2.75) is 20.4 Å². The number of imidazole rings is 1. The molecule has 0 aliphatic rings. The molecule has 0 aliphatic carbocycles. The van der Waals surface area contributed by atoms with E-state index in [1.54, 1.807) is 6.33 Å². The smallest absolute Gasteiger partial charge is 0.182 e. The molecule has 102 valence electrons. The van der Waals surface area contributed by atoms with E-state index in [9.17, 15) is 5.11 Å². The number of hydrogen-bond donors (Lipinski definition) is 3. The minimum atomic E-state index is 0.326.